The summed E-state index contributed by atoms with van der Waals surface area (Å²) in [5, 5.41) is 8.45. The number of nitriles is 1. The molecule has 0 saturated heterocycles. The van der Waals surface area contributed by atoms with E-state index in [-0.39, 0.29) is 5.54 Å². The number of nitrogens with zero attached hydrogens (tertiary/aromatic N) is 1. The molecule has 3 heteroatoms. The van der Waals surface area contributed by atoms with Crippen LogP contribution in [0, 0.1) is 11.3 Å². The van der Waals surface area contributed by atoms with Crippen LogP contribution in [0.25, 0.3) is 0 Å². The Morgan fingerprint density at radius 1 is 1.67 bits per heavy atom. The Bertz CT molecular complexity index is 122. The molecule has 0 rings (SSSR count). The topological polar surface area (TPSA) is 43.7 Å². The van der Waals surface area contributed by atoms with Crippen LogP contribution < -0.4 is 0 Å². The van der Waals surface area contributed by atoms with Crippen LogP contribution in [0.15, 0.2) is 0 Å². The Morgan fingerprint density at radius 3 is 2.11 bits per heavy atom. The number of hydrogen-bond acceptors (Lipinski definition) is 1. The highest BCUT2D eigenvalue weighted by molar-refractivity contribution is 6.71. The summed E-state index contributed by atoms with van der Waals surface area (Å²) in [6.07, 6.45) is 0.708. The second-order valence-corrected chi connectivity index (χ2v) is 6.60. The first kappa shape index (κ1) is 8.67. The van der Waals surface area contributed by atoms with Crippen molar-refractivity contribution >= 4 is 8.32 Å². The summed E-state index contributed by atoms with van der Waals surface area (Å²) in [6, 6.07) is 2.04. The normalized spacial score (nSPS) is 14.6. The van der Waals surface area contributed by atoms with E-state index < -0.39 is 8.32 Å². The predicted molar refractivity (Wildman–Crippen MR) is 37.8 cm³/mol. The molecule has 0 aromatic rings. The third-order valence-corrected chi connectivity index (χ3v) is 3.62. The van der Waals surface area contributed by atoms with Crippen molar-refractivity contribution in [1.29, 1.82) is 5.26 Å². The van der Waals surface area contributed by atoms with Gasteiger partial charge in [-0.3, -0.25) is 4.80 Å². The molecule has 1 atom stereocenters. The van der Waals surface area contributed by atoms with E-state index in [2.05, 4.69) is 0 Å². The van der Waals surface area contributed by atoms with Crippen molar-refractivity contribution in [1.82, 2.24) is 0 Å². The van der Waals surface area contributed by atoms with E-state index in [9.17, 15) is 4.80 Å². The predicted octanol–water partition coefficient (Wildman–Crippen LogP) is 1.93. The van der Waals surface area contributed by atoms with E-state index in [1.54, 1.807) is 13.1 Å². The van der Waals surface area contributed by atoms with Crippen molar-refractivity contribution < 1.29 is 4.80 Å². The van der Waals surface area contributed by atoms with Crippen molar-refractivity contribution in [2.24, 2.45) is 0 Å². The first-order chi connectivity index (χ1) is 4.02. The minimum absolute atomic E-state index is 0.211. The van der Waals surface area contributed by atoms with Crippen molar-refractivity contribution in [2.45, 2.75) is 32.0 Å². The summed E-state index contributed by atoms with van der Waals surface area (Å²) in [4.78, 5) is 11.2. The number of hydrogen-bond donors (Lipinski definition) is 0. The van der Waals surface area contributed by atoms with Gasteiger partial charge < -0.3 is 0 Å². The fourth-order valence-corrected chi connectivity index (χ4v) is 2.03. The van der Waals surface area contributed by atoms with Crippen molar-refractivity contribution in [3.05, 3.63) is 0 Å². The Labute approximate surface area is 57.3 Å². The van der Waals surface area contributed by atoms with Gasteiger partial charge in [0.1, 0.15) is 0 Å². The molecule has 1 radical (unpaired) electrons. The highest BCUT2D eigenvalue weighted by Gasteiger charge is 2.30. The van der Waals surface area contributed by atoms with Gasteiger partial charge in [-0.1, -0.05) is 6.92 Å². The lowest BCUT2D eigenvalue weighted by Crippen LogP contribution is -2.29. The highest BCUT2D eigenvalue weighted by Crippen LogP contribution is 2.21. The molecule has 0 bridgehead atoms. The molecule has 0 aliphatic heterocycles. The van der Waals surface area contributed by atoms with Crippen LogP contribution in [0.2, 0.25) is 18.6 Å². The van der Waals surface area contributed by atoms with Crippen LogP contribution in [-0.4, -0.2) is 8.32 Å². The lowest BCUT2D eigenvalue weighted by atomic mass is 10.4. The fraction of sp³-hybridized carbons (Fsp3) is 0.833. The van der Waals surface area contributed by atoms with E-state index in [1.165, 1.54) is 0 Å². The van der Waals surface area contributed by atoms with Crippen LogP contribution in [0.5, 0.6) is 0 Å². The van der Waals surface area contributed by atoms with Gasteiger partial charge in [0.05, 0.1) is 11.6 Å². The second kappa shape index (κ2) is 2.99. The summed E-state index contributed by atoms with van der Waals surface area (Å²) >= 11 is 0. The Kier molecular flexibility index (Phi) is 2.88. The molecular formula is C6H12NOSi. The van der Waals surface area contributed by atoms with Gasteiger partial charge in [0, 0.05) is 0 Å². The zero-order valence-electron chi connectivity index (χ0n) is 6.14. The lowest BCUT2D eigenvalue weighted by Gasteiger charge is -2.14. The molecule has 0 amide bonds. The third-order valence-electron chi connectivity index (χ3n) is 1.40. The third kappa shape index (κ3) is 2.63. The molecule has 9 heavy (non-hydrogen) atoms. The molecule has 0 heterocycles. The largest absolute Gasteiger partial charge is 0.297 e. The van der Waals surface area contributed by atoms with E-state index in [1.807, 2.05) is 13.0 Å². The second-order valence-electron chi connectivity index (χ2n) is 2.69. The quantitative estimate of drug-likeness (QED) is 0.543. The first-order valence-corrected chi connectivity index (χ1v) is 6.11. The van der Waals surface area contributed by atoms with E-state index in [0.717, 1.165) is 0 Å². The standard InChI is InChI=1S/C6H12NOSi/c1-4-6(5-7)9(2,3)8/h6H,4H2,1-3H3. The average molecular weight is 142 g/mol. The van der Waals surface area contributed by atoms with Gasteiger partial charge >= 0.3 is 0 Å². The van der Waals surface area contributed by atoms with Gasteiger partial charge in [0.2, 0.25) is 8.32 Å². The zero-order valence-corrected chi connectivity index (χ0v) is 7.14. The molecular weight excluding hydrogens is 130 g/mol. The summed E-state index contributed by atoms with van der Waals surface area (Å²) in [5.41, 5.74) is -0.211. The van der Waals surface area contributed by atoms with Crippen molar-refractivity contribution in [2.75, 3.05) is 0 Å². The van der Waals surface area contributed by atoms with Gasteiger partial charge in [0.25, 0.3) is 0 Å². The molecule has 0 fully saturated rings. The lowest BCUT2D eigenvalue weighted by molar-refractivity contribution is 0.418. The molecule has 0 spiro atoms. The summed E-state index contributed by atoms with van der Waals surface area (Å²) in [6.45, 7) is 5.26. The zero-order chi connectivity index (χ0) is 7.49. The maximum atomic E-state index is 11.2. The van der Waals surface area contributed by atoms with Gasteiger partial charge in [-0.15, -0.1) is 0 Å². The van der Waals surface area contributed by atoms with E-state index in [0.29, 0.717) is 6.42 Å². The smallest absolute Gasteiger partial charge is 0.248 e. The van der Waals surface area contributed by atoms with Crippen LogP contribution in [0.4, 0.5) is 0 Å². The van der Waals surface area contributed by atoms with Gasteiger partial charge in [-0.25, -0.2) is 0 Å². The molecule has 0 N–H and O–H groups in total. The summed E-state index contributed by atoms with van der Waals surface area (Å²) in [7, 11) is -2.40. The average Bonchev–Trinajstić information content (AvgIpc) is 1.65. The molecule has 51 valence electrons. The van der Waals surface area contributed by atoms with Crippen LogP contribution >= 0.6 is 0 Å². The number of rotatable bonds is 2. The highest BCUT2D eigenvalue weighted by atomic mass is 28.4. The minimum Gasteiger partial charge on any atom is -0.297 e. The molecule has 1 unspecified atom stereocenters. The molecule has 0 aliphatic carbocycles. The van der Waals surface area contributed by atoms with Crippen LogP contribution in [-0.2, 0) is 4.80 Å². The molecule has 0 aromatic carbocycles. The Hall–Kier alpha value is -0.333. The molecule has 2 nitrogen and oxygen atoms in total. The van der Waals surface area contributed by atoms with Gasteiger partial charge in [-0.2, -0.15) is 5.26 Å². The van der Waals surface area contributed by atoms with Crippen LogP contribution in [0.3, 0.4) is 0 Å². The maximum Gasteiger partial charge on any atom is 0.248 e. The monoisotopic (exact) mass is 142 g/mol. The van der Waals surface area contributed by atoms with Crippen molar-refractivity contribution in [3.63, 3.8) is 0 Å². The van der Waals surface area contributed by atoms with Gasteiger partial charge in [-0.05, 0) is 19.5 Å². The Morgan fingerprint density at radius 2 is 2.11 bits per heavy atom. The van der Waals surface area contributed by atoms with Gasteiger partial charge in [0.15, 0.2) is 0 Å². The Balaban J connectivity index is 4.00. The van der Waals surface area contributed by atoms with Crippen molar-refractivity contribution in [3.8, 4) is 6.07 Å². The molecule has 0 aliphatic rings. The summed E-state index contributed by atoms with van der Waals surface area (Å²) in [5.74, 6) is 0. The minimum atomic E-state index is -2.40. The molecule has 0 saturated carbocycles. The first-order valence-electron chi connectivity index (χ1n) is 3.12. The summed E-state index contributed by atoms with van der Waals surface area (Å²) < 4.78 is 0. The van der Waals surface area contributed by atoms with E-state index >= 15 is 0 Å². The molecule has 0 aromatic heterocycles. The van der Waals surface area contributed by atoms with E-state index in [4.69, 9.17) is 5.26 Å². The maximum absolute atomic E-state index is 11.2. The SMILES string of the molecule is CCC(C#N)[Si](C)(C)[O]. The van der Waals surface area contributed by atoms with Crippen LogP contribution in [0.1, 0.15) is 13.3 Å². The fourth-order valence-electron chi connectivity index (χ4n) is 0.738.